The van der Waals surface area contributed by atoms with Gasteiger partial charge in [-0.1, -0.05) is 17.7 Å². The van der Waals surface area contributed by atoms with Crippen LogP contribution < -0.4 is 4.52 Å². The first-order valence-electron chi connectivity index (χ1n) is 5.66. The second-order valence-electron chi connectivity index (χ2n) is 4.01. The minimum Gasteiger partial charge on any atom is -0.480 e. The first kappa shape index (κ1) is 14.7. The summed E-state index contributed by atoms with van der Waals surface area (Å²) >= 11 is 0. The van der Waals surface area contributed by atoms with Crippen molar-refractivity contribution in [2.45, 2.75) is 27.2 Å². The lowest BCUT2D eigenvalue weighted by Gasteiger charge is -2.11. The van der Waals surface area contributed by atoms with E-state index in [1.54, 1.807) is 6.92 Å². The van der Waals surface area contributed by atoms with Gasteiger partial charge >= 0.3 is 5.97 Å². The Hall–Kier alpha value is -1.41. The number of rotatable bonds is 5. The molecule has 0 saturated carbocycles. The topological polar surface area (TPSA) is 52.6 Å². The Morgan fingerprint density at radius 2 is 1.94 bits per heavy atom. The molecule has 0 aliphatic rings. The zero-order valence-corrected chi connectivity index (χ0v) is 11.9. The Balaban J connectivity index is 2.96. The van der Waals surface area contributed by atoms with Crippen LogP contribution in [0.15, 0.2) is 12.1 Å². The molecule has 0 amide bonds. The van der Waals surface area contributed by atoms with Crippen LogP contribution in [0.25, 0.3) is 0 Å². The molecule has 0 aromatic heterocycles. The third-order valence-electron chi connectivity index (χ3n) is 2.47. The van der Waals surface area contributed by atoms with E-state index in [1.165, 1.54) is 0 Å². The maximum absolute atomic E-state index is 11.7. The van der Waals surface area contributed by atoms with E-state index < -0.39 is 11.8 Å². The van der Waals surface area contributed by atoms with Crippen LogP contribution in [0.1, 0.15) is 23.6 Å². The molecule has 0 heterocycles. The number of hydrogen-bond donors (Lipinski definition) is 0. The molecule has 18 heavy (non-hydrogen) atoms. The molecule has 0 saturated heterocycles. The van der Waals surface area contributed by atoms with Crippen LogP contribution in [0, 0.1) is 13.8 Å². The number of aryl methyl sites for hydroxylation is 2. The summed E-state index contributed by atoms with van der Waals surface area (Å²) in [7, 11) is 2.16. The van der Waals surface area contributed by atoms with Crippen molar-refractivity contribution in [3.8, 4) is 5.75 Å². The predicted molar refractivity (Wildman–Crippen MR) is 71.6 cm³/mol. The van der Waals surface area contributed by atoms with Gasteiger partial charge in [-0.3, -0.25) is 4.79 Å². The van der Waals surface area contributed by atoms with Gasteiger partial charge in [0.15, 0.2) is 0 Å². The van der Waals surface area contributed by atoms with Crippen molar-refractivity contribution in [1.82, 2.24) is 0 Å². The van der Waals surface area contributed by atoms with Gasteiger partial charge in [-0.2, -0.15) is 0 Å². The maximum atomic E-state index is 11.7. The monoisotopic (exact) mass is 268 g/mol. The smallest absolute Gasteiger partial charge is 0.374 e. The molecule has 0 aliphatic heterocycles. The van der Waals surface area contributed by atoms with Crippen molar-refractivity contribution >= 4 is 21.2 Å². The van der Waals surface area contributed by atoms with Crippen LogP contribution in [0.4, 0.5) is 0 Å². The number of hydrogen-bond acceptors (Lipinski definition) is 4. The minimum absolute atomic E-state index is 0.00884. The molecular formula is C13H17O4P. The highest BCUT2D eigenvalue weighted by Crippen LogP contribution is 2.27. The van der Waals surface area contributed by atoms with Crippen LogP contribution in [0.2, 0.25) is 0 Å². The molecule has 0 fully saturated rings. The van der Waals surface area contributed by atoms with Gasteiger partial charge in [0.05, 0.1) is 16.1 Å². The number of ketones is 1. The normalized spacial score (nSPS) is 10.0. The van der Waals surface area contributed by atoms with Gasteiger partial charge in [0.1, 0.15) is 5.75 Å². The molecule has 1 aromatic carbocycles. The Morgan fingerprint density at radius 1 is 1.28 bits per heavy atom. The van der Waals surface area contributed by atoms with Crippen molar-refractivity contribution < 1.29 is 18.8 Å². The molecule has 0 radical (unpaired) electrons. The standard InChI is InChI=1S/C13H17O4P/c1-4-16-13(15)11(14)7-10-6-8(2)5-9(3)12(10)17-18/h5-6H,4,7,18H2,1-3H3. The van der Waals surface area contributed by atoms with E-state index >= 15 is 0 Å². The molecule has 0 aliphatic carbocycles. The summed E-state index contributed by atoms with van der Waals surface area (Å²) in [6, 6.07) is 3.79. The highest BCUT2D eigenvalue weighted by atomic mass is 31.0. The summed E-state index contributed by atoms with van der Waals surface area (Å²) in [5, 5.41) is 0. The fraction of sp³-hybridized carbons (Fsp3) is 0.385. The van der Waals surface area contributed by atoms with Crippen molar-refractivity contribution in [1.29, 1.82) is 0 Å². The highest BCUT2D eigenvalue weighted by molar-refractivity contribution is 7.10. The first-order chi connectivity index (χ1) is 8.49. The maximum Gasteiger partial charge on any atom is 0.374 e. The fourth-order valence-corrected chi connectivity index (χ4v) is 2.14. The van der Waals surface area contributed by atoms with Crippen LogP contribution in [-0.2, 0) is 20.7 Å². The number of carbonyl (C=O) groups is 2. The largest absolute Gasteiger partial charge is 0.480 e. The molecular weight excluding hydrogens is 251 g/mol. The number of benzene rings is 1. The third-order valence-corrected chi connectivity index (χ3v) is 2.70. The Labute approximate surface area is 109 Å². The molecule has 5 heteroatoms. The minimum atomic E-state index is -0.800. The number of ether oxygens (including phenoxy) is 1. The number of esters is 1. The van der Waals surface area contributed by atoms with Gasteiger partial charge in [-0.25, -0.2) is 4.79 Å². The molecule has 0 bridgehead atoms. The quantitative estimate of drug-likeness (QED) is 0.466. The van der Waals surface area contributed by atoms with Crippen LogP contribution in [-0.4, -0.2) is 18.4 Å². The molecule has 1 rings (SSSR count). The Morgan fingerprint density at radius 3 is 2.50 bits per heavy atom. The van der Waals surface area contributed by atoms with Gasteiger partial charge < -0.3 is 9.26 Å². The van der Waals surface area contributed by atoms with E-state index in [0.717, 1.165) is 11.1 Å². The van der Waals surface area contributed by atoms with Gasteiger partial charge in [0.2, 0.25) is 5.78 Å². The van der Waals surface area contributed by atoms with Crippen LogP contribution >= 0.6 is 9.47 Å². The lowest BCUT2D eigenvalue weighted by atomic mass is 10.0. The predicted octanol–water partition coefficient (Wildman–Crippen LogP) is 2.15. The summed E-state index contributed by atoms with van der Waals surface area (Å²) < 4.78 is 9.86. The van der Waals surface area contributed by atoms with Crippen molar-refractivity contribution in [3.05, 3.63) is 28.8 Å². The summed E-state index contributed by atoms with van der Waals surface area (Å²) in [5.74, 6) is -0.750. The molecule has 0 spiro atoms. The third kappa shape index (κ3) is 3.54. The zero-order chi connectivity index (χ0) is 13.7. The summed E-state index contributed by atoms with van der Waals surface area (Å²) in [6.45, 7) is 5.69. The second kappa shape index (κ2) is 6.50. The van der Waals surface area contributed by atoms with Gasteiger partial charge in [-0.05, 0) is 26.3 Å². The lowest BCUT2D eigenvalue weighted by Crippen LogP contribution is -2.19. The van der Waals surface area contributed by atoms with Gasteiger partial charge in [0, 0.05) is 12.0 Å². The van der Waals surface area contributed by atoms with Crippen LogP contribution in [0.3, 0.4) is 0 Å². The average molecular weight is 268 g/mol. The van der Waals surface area contributed by atoms with E-state index in [1.807, 2.05) is 26.0 Å². The van der Waals surface area contributed by atoms with E-state index in [0.29, 0.717) is 11.3 Å². The molecule has 4 nitrogen and oxygen atoms in total. The molecule has 1 aromatic rings. The lowest BCUT2D eigenvalue weighted by molar-refractivity contribution is -0.153. The molecule has 0 N–H and O–H groups in total. The zero-order valence-electron chi connectivity index (χ0n) is 10.8. The van der Waals surface area contributed by atoms with E-state index in [-0.39, 0.29) is 13.0 Å². The molecule has 1 atom stereocenters. The number of carbonyl (C=O) groups excluding carboxylic acids is 2. The average Bonchev–Trinajstić information content (AvgIpc) is 2.28. The second-order valence-corrected chi connectivity index (χ2v) is 4.24. The SMILES string of the molecule is CCOC(=O)C(=O)Cc1cc(C)cc(C)c1OP. The van der Waals surface area contributed by atoms with Crippen LogP contribution in [0.5, 0.6) is 5.75 Å². The van der Waals surface area contributed by atoms with E-state index in [2.05, 4.69) is 14.2 Å². The first-order valence-corrected chi connectivity index (χ1v) is 6.13. The Kier molecular flexibility index (Phi) is 5.29. The summed E-state index contributed by atoms with van der Waals surface area (Å²) in [4.78, 5) is 23.0. The van der Waals surface area contributed by atoms with Gasteiger partial charge in [-0.15, -0.1) is 0 Å². The molecule has 1 unspecified atom stereocenters. The van der Waals surface area contributed by atoms with Crippen molar-refractivity contribution in [2.24, 2.45) is 0 Å². The van der Waals surface area contributed by atoms with Gasteiger partial charge in [0.25, 0.3) is 0 Å². The van der Waals surface area contributed by atoms with E-state index in [4.69, 9.17) is 4.52 Å². The van der Waals surface area contributed by atoms with E-state index in [9.17, 15) is 9.59 Å². The fourth-order valence-electron chi connectivity index (χ4n) is 1.80. The highest BCUT2D eigenvalue weighted by Gasteiger charge is 2.18. The number of Topliss-reactive ketones (excluding diaryl/α,β-unsaturated/α-hetero) is 1. The van der Waals surface area contributed by atoms with Crippen molar-refractivity contribution in [3.63, 3.8) is 0 Å². The van der Waals surface area contributed by atoms with Crippen molar-refractivity contribution in [2.75, 3.05) is 6.61 Å². The molecule has 98 valence electrons. The Bertz CT molecular complexity index is 468. The summed E-state index contributed by atoms with van der Waals surface area (Å²) in [5.41, 5.74) is 2.64. The summed E-state index contributed by atoms with van der Waals surface area (Å²) in [6.07, 6.45) is -0.00884.